The zero-order chi connectivity index (χ0) is 12.8. The Labute approximate surface area is 108 Å². The van der Waals surface area contributed by atoms with Gasteiger partial charge >= 0.3 is 0 Å². The van der Waals surface area contributed by atoms with Crippen LogP contribution in [0.3, 0.4) is 0 Å². The minimum atomic E-state index is 0.732. The predicted octanol–water partition coefficient (Wildman–Crippen LogP) is 3.27. The maximum atomic E-state index is 3.59. The molecular formula is C15H32N2. The van der Waals surface area contributed by atoms with E-state index in [0.717, 1.165) is 30.6 Å². The summed E-state index contributed by atoms with van der Waals surface area (Å²) >= 11 is 0. The van der Waals surface area contributed by atoms with Crippen LogP contribution in [-0.2, 0) is 0 Å². The molecule has 2 heteroatoms. The maximum Gasteiger partial charge on any atom is 0.00961 e. The van der Waals surface area contributed by atoms with Crippen LogP contribution in [0.4, 0.5) is 0 Å². The van der Waals surface area contributed by atoms with Crippen LogP contribution in [-0.4, -0.2) is 36.6 Å². The second-order valence-corrected chi connectivity index (χ2v) is 6.21. The van der Waals surface area contributed by atoms with Gasteiger partial charge < -0.3 is 10.2 Å². The molecule has 0 amide bonds. The molecule has 17 heavy (non-hydrogen) atoms. The fourth-order valence-electron chi connectivity index (χ4n) is 3.18. The molecule has 1 saturated carbocycles. The van der Waals surface area contributed by atoms with Crippen LogP contribution in [0, 0.1) is 5.92 Å². The molecule has 1 fully saturated rings. The smallest absolute Gasteiger partial charge is 0.00961 e. The summed E-state index contributed by atoms with van der Waals surface area (Å²) in [5.41, 5.74) is 0. The van der Waals surface area contributed by atoms with Crippen LogP contribution in [0.1, 0.15) is 59.8 Å². The first-order chi connectivity index (χ1) is 8.04. The number of nitrogens with one attached hydrogen (secondary N) is 1. The first-order valence-electron chi connectivity index (χ1n) is 7.49. The van der Waals surface area contributed by atoms with Gasteiger partial charge in [0.05, 0.1) is 0 Å². The van der Waals surface area contributed by atoms with Crippen LogP contribution >= 0.6 is 0 Å². The van der Waals surface area contributed by atoms with Crippen molar-refractivity contribution in [2.45, 2.75) is 77.9 Å². The Kier molecular flexibility index (Phi) is 6.50. The van der Waals surface area contributed by atoms with Gasteiger partial charge in [0.1, 0.15) is 0 Å². The summed E-state index contributed by atoms with van der Waals surface area (Å²) in [6.07, 6.45) is 6.78. The third-order valence-electron chi connectivity index (χ3n) is 4.27. The normalized spacial score (nSPS) is 27.7. The number of hydrogen-bond donors (Lipinski definition) is 1. The molecule has 0 bridgehead atoms. The Morgan fingerprint density at radius 3 is 2.18 bits per heavy atom. The second kappa shape index (κ2) is 7.38. The van der Waals surface area contributed by atoms with Crippen LogP contribution in [0.25, 0.3) is 0 Å². The Bertz CT molecular complexity index is 195. The first-order valence-corrected chi connectivity index (χ1v) is 7.49. The molecule has 0 aromatic carbocycles. The van der Waals surface area contributed by atoms with E-state index in [1.54, 1.807) is 0 Å². The van der Waals surface area contributed by atoms with Crippen LogP contribution in [0.2, 0.25) is 0 Å². The highest BCUT2D eigenvalue weighted by Crippen LogP contribution is 2.25. The lowest BCUT2D eigenvalue weighted by Crippen LogP contribution is -2.44. The molecule has 0 aromatic heterocycles. The topological polar surface area (TPSA) is 15.3 Å². The summed E-state index contributed by atoms with van der Waals surface area (Å²) in [6.45, 7) is 10.4. The summed E-state index contributed by atoms with van der Waals surface area (Å²) in [6, 6.07) is 2.33. The van der Waals surface area contributed by atoms with Crippen LogP contribution in [0.5, 0.6) is 0 Å². The van der Waals surface area contributed by atoms with Crippen molar-refractivity contribution in [3.8, 4) is 0 Å². The Morgan fingerprint density at radius 1 is 1.12 bits per heavy atom. The molecule has 1 rings (SSSR count). The fourth-order valence-corrected chi connectivity index (χ4v) is 3.18. The molecule has 0 heterocycles. The van der Waals surface area contributed by atoms with Gasteiger partial charge in [-0.1, -0.05) is 20.8 Å². The number of nitrogens with zero attached hydrogens (tertiary/aromatic N) is 1. The lowest BCUT2D eigenvalue weighted by molar-refractivity contribution is 0.122. The Morgan fingerprint density at radius 2 is 1.71 bits per heavy atom. The lowest BCUT2D eigenvalue weighted by atomic mass is 9.89. The Hall–Kier alpha value is -0.0800. The molecular weight excluding hydrogens is 208 g/mol. The summed E-state index contributed by atoms with van der Waals surface area (Å²) in [5, 5.41) is 3.59. The number of hydrogen-bond acceptors (Lipinski definition) is 2. The maximum absolute atomic E-state index is 3.59. The Balaban J connectivity index is 2.32. The molecule has 1 atom stereocenters. The molecule has 1 aliphatic carbocycles. The quantitative estimate of drug-likeness (QED) is 0.766. The van der Waals surface area contributed by atoms with Crippen LogP contribution in [0.15, 0.2) is 0 Å². The molecule has 2 nitrogen and oxygen atoms in total. The summed E-state index contributed by atoms with van der Waals surface area (Å²) in [5.74, 6) is 0.811. The highest BCUT2D eigenvalue weighted by atomic mass is 15.2. The molecule has 0 aromatic rings. The zero-order valence-electron chi connectivity index (χ0n) is 12.5. The van der Waals surface area contributed by atoms with Gasteiger partial charge in [0, 0.05) is 18.1 Å². The van der Waals surface area contributed by atoms with E-state index >= 15 is 0 Å². The van der Waals surface area contributed by atoms with E-state index in [0.29, 0.717) is 0 Å². The van der Waals surface area contributed by atoms with Crippen molar-refractivity contribution in [2.24, 2.45) is 5.92 Å². The molecule has 1 unspecified atom stereocenters. The minimum Gasteiger partial charge on any atom is -0.314 e. The monoisotopic (exact) mass is 240 g/mol. The standard InChI is InChI=1S/C15H32N2/c1-6-16-14-7-9-15(10-8-14)17(5)13(4)11-12(2)3/h12-16H,6-11H2,1-5H3. The first kappa shape index (κ1) is 15.0. The highest BCUT2D eigenvalue weighted by Gasteiger charge is 2.25. The van der Waals surface area contributed by atoms with E-state index in [1.807, 2.05) is 0 Å². The summed E-state index contributed by atoms with van der Waals surface area (Å²) < 4.78 is 0. The van der Waals surface area contributed by atoms with Crippen LogP contribution < -0.4 is 5.32 Å². The average Bonchev–Trinajstić information content (AvgIpc) is 2.28. The van der Waals surface area contributed by atoms with Crippen molar-refractivity contribution < 1.29 is 0 Å². The van der Waals surface area contributed by atoms with E-state index in [2.05, 4.69) is 45.0 Å². The molecule has 0 radical (unpaired) electrons. The van der Waals surface area contributed by atoms with Gasteiger partial charge in [0.15, 0.2) is 0 Å². The van der Waals surface area contributed by atoms with Crippen molar-refractivity contribution in [1.29, 1.82) is 0 Å². The van der Waals surface area contributed by atoms with E-state index in [1.165, 1.54) is 32.1 Å². The zero-order valence-corrected chi connectivity index (χ0v) is 12.5. The van der Waals surface area contributed by atoms with E-state index in [9.17, 15) is 0 Å². The average molecular weight is 240 g/mol. The fraction of sp³-hybridized carbons (Fsp3) is 1.00. The minimum absolute atomic E-state index is 0.732. The van der Waals surface area contributed by atoms with Crippen molar-refractivity contribution in [1.82, 2.24) is 10.2 Å². The molecule has 1 aliphatic rings. The molecule has 0 spiro atoms. The van der Waals surface area contributed by atoms with Crippen molar-refractivity contribution >= 4 is 0 Å². The van der Waals surface area contributed by atoms with Gasteiger partial charge in [-0.2, -0.15) is 0 Å². The second-order valence-electron chi connectivity index (χ2n) is 6.21. The molecule has 102 valence electrons. The van der Waals surface area contributed by atoms with Crippen molar-refractivity contribution in [3.63, 3.8) is 0 Å². The van der Waals surface area contributed by atoms with Gasteiger partial charge in [-0.25, -0.2) is 0 Å². The van der Waals surface area contributed by atoms with Gasteiger partial charge in [0.25, 0.3) is 0 Å². The predicted molar refractivity (Wildman–Crippen MR) is 76.4 cm³/mol. The third kappa shape index (κ3) is 4.97. The number of rotatable bonds is 6. The SMILES string of the molecule is CCNC1CCC(N(C)C(C)CC(C)C)CC1. The summed E-state index contributed by atoms with van der Waals surface area (Å²) in [4.78, 5) is 2.63. The van der Waals surface area contributed by atoms with E-state index in [-0.39, 0.29) is 0 Å². The van der Waals surface area contributed by atoms with Gasteiger partial charge in [-0.3, -0.25) is 0 Å². The van der Waals surface area contributed by atoms with Crippen molar-refractivity contribution in [3.05, 3.63) is 0 Å². The molecule has 0 aliphatic heterocycles. The largest absolute Gasteiger partial charge is 0.314 e. The van der Waals surface area contributed by atoms with E-state index in [4.69, 9.17) is 0 Å². The summed E-state index contributed by atoms with van der Waals surface area (Å²) in [7, 11) is 2.32. The van der Waals surface area contributed by atoms with E-state index < -0.39 is 0 Å². The van der Waals surface area contributed by atoms with Gasteiger partial charge in [-0.05, 0) is 58.5 Å². The molecule has 0 saturated heterocycles. The third-order valence-corrected chi connectivity index (χ3v) is 4.27. The van der Waals surface area contributed by atoms with Gasteiger partial charge in [-0.15, -0.1) is 0 Å². The highest BCUT2D eigenvalue weighted by molar-refractivity contribution is 4.83. The lowest BCUT2D eigenvalue weighted by Gasteiger charge is -2.38. The van der Waals surface area contributed by atoms with Gasteiger partial charge in [0.2, 0.25) is 0 Å². The molecule has 1 N–H and O–H groups in total. The van der Waals surface area contributed by atoms with Crippen molar-refractivity contribution in [2.75, 3.05) is 13.6 Å².